The monoisotopic (exact) mass is 785 g/mol. The van der Waals surface area contributed by atoms with Gasteiger partial charge in [0.1, 0.15) is 29.8 Å². The number of rotatable bonds is 8. The lowest BCUT2D eigenvalue weighted by Gasteiger charge is -2.32. The smallest absolute Gasteiger partial charge is 0.407 e. The van der Waals surface area contributed by atoms with Gasteiger partial charge in [0.2, 0.25) is 5.91 Å². The highest BCUT2D eigenvalue weighted by atomic mass is 16.7. The van der Waals surface area contributed by atoms with E-state index in [2.05, 4.69) is 76.5 Å². The Hall–Kier alpha value is -6.53. The number of benzene rings is 5. The fraction of sp³-hybridized carbons (Fsp3) is 0.298. The van der Waals surface area contributed by atoms with Gasteiger partial charge in [0.05, 0.1) is 40.8 Å². The van der Waals surface area contributed by atoms with Gasteiger partial charge in [-0.3, -0.25) is 4.79 Å². The highest BCUT2D eigenvalue weighted by Crippen LogP contribution is 2.57. The van der Waals surface area contributed by atoms with Crippen LogP contribution in [0.1, 0.15) is 67.2 Å². The van der Waals surface area contributed by atoms with E-state index in [1.54, 1.807) is 12.1 Å². The molecule has 12 nitrogen and oxygen atoms in total. The van der Waals surface area contributed by atoms with E-state index in [1.165, 1.54) is 7.11 Å². The zero-order chi connectivity index (χ0) is 40.3. The molecule has 2 saturated carbocycles. The molecule has 59 heavy (non-hydrogen) atoms. The number of aromatic nitrogens is 4. The summed E-state index contributed by atoms with van der Waals surface area (Å²) in [4.78, 5) is 64.4. The molecule has 296 valence electrons. The second-order valence-corrected chi connectivity index (χ2v) is 16.9. The van der Waals surface area contributed by atoms with E-state index in [1.807, 2.05) is 48.1 Å². The van der Waals surface area contributed by atoms with Crippen LogP contribution in [-0.2, 0) is 14.4 Å². The second kappa shape index (κ2) is 13.3. The Balaban J connectivity index is 0.872. The molecule has 0 bridgehead atoms. The third-order valence-corrected chi connectivity index (χ3v) is 13.0. The number of fused-ring (bicyclic) bond motifs is 8. The molecule has 4 aliphatic rings. The van der Waals surface area contributed by atoms with E-state index in [0.29, 0.717) is 17.3 Å². The van der Waals surface area contributed by atoms with Crippen molar-refractivity contribution in [3.63, 3.8) is 0 Å². The largest absolute Gasteiger partial charge is 0.453 e. The number of methoxy groups -OCH3 is 1. The number of hydrogen-bond donors (Lipinski definition) is 3. The Labute approximate surface area is 339 Å². The zero-order valence-corrected chi connectivity index (χ0v) is 32.9. The first-order valence-electron chi connectivity index (χ1n) is 20.4. The van der Waals surface area contributed by atoms with Crippen LogP contribution in [0.2, 0.25) is 0 Å². The van der Waals surface area contributed by atoms with E-state index < -0.39 is 18.2 Å². The predicted octanol–water partition coefficient (Wildman–Crippen LogP) is 8.53. The molecule has 5 aromatic carbocycles. The summed E-state index contributed by atoms with van der Waals surface area (Å²) in [6, 6.07) is 29.4. The summed E-state index contributed by atoms with van der Waals surface area (Å²) in [7, 11) is 1.30. The standard InChI is InChI=1S/C47H43N7O5/c1-23(2)39(52-47(57)58-4)45(55)53-37-22-33(37)24(3)42(53)44-49-35-17-13-29-19-27(11-15-32(29)41(35)51-44)26-10-14-31-28(18-26)12-16-34-40(31)50-43(48-34)38-21-30-20-36(30)54(38)59-46(56)25-8-6-5-7-9-25/h5-19,23,30,33,36-39,42H,3,20-22H2,1-2,4H3,(H,48,50)(H,49,51)(H,52,57)/t30?,33?,36?,37-,38+,39+,42+/m1/s1. The van der Waals surface area contributed by atoms with Crippen molar-refractivity contribution in [2.24, 2.45) is 17.8 Å². The molecule has 2 saturated heterocycles. The van der Waals surface area contributed by atoms with Crippen molar-refractivity contribution in [2.75, 3.05) is 7.11 Å². The number of amides is 2. The van der Waals surface area contributed by atoms with Crippen LogP contribution >= 0.6 is 0 Å². The molecule has 3 unspecified atom stereocenters. The minimum atomic E-state index is -0.731. The summed E-state index contributed by atoms with van der Waals surface area (Å²) in [6.07, 6.45) is 2.16. The van der Waals surface area contributed by atoms with Gasteiger partial charge in [-0.15, -0.1) is 5.06 Å². The Bertz CT molecular complexity index is 2900. The van der Waals surface area contributed by atoms with Crippen molar-refractivity contribution < 1.29 is 24.0 Å². The van der Waals surface area contributed by atoms with Crippen molar-refractivity contribution >= 4 is 61.6 Å². The van der Waals surface area contributed by atoms with Gasteiger partial charge >= 0.3 is 12.1 Å². The first-order valence-corrected chi connectivity index (χ1v) is 20.4. The number of H-pyrrole nitrogens is 2. The van der Waals surface area contributed by atoms with Crippen molar-refractivity contribution in [2.45, 2.75) is 63.3 Å². The summed E-state index contributed by atoms with van der Waals surface area (Å²) < 4.78 is 4.83. The van der Waals surface area contributed by atoms with Crippen LogP contribution in [0.3, 0.4) is 0 Å². The Morgan fingerprint density at radius 2 is 1.44 bits per heavy atom. The molecule has 0 spiro atoms. The van der Waals surface area contributed by atoms with Crippen molar-refractivity contribution in [1.82, 2.24) is 35.2 Å². The molecule has 2 amide bonds. The summed E-state index contributed by atoms with van der Waals surface area (Å²) in [5.74, 6) is 1.58. The van der Waals surface area contributed by atoms with Crippen LogP contribution in [0, 0.1) is 17.8 Å². The maximum Gasteiger partial charge on any atom is 0.407 e. The van der Waals surface area contributed by atoms with Crippen molar-refractivity contribution in [1.29, 1.82) is 0 Å². The molecule has 7 aromatic rings. The number of alkyl carbamates (subject to hydrolysis) is 1. The Kier molecular flexibility index (Phi) is 8.00. The van der Waals surface area contributed by atoms with Gasteiger partial charge in [0, 0.05) is 22.7 Å². The number of likely N-dealkylation sites (tertiary alicyclic amines) is 1. The zero-order valence-electron chi connectivity index (χ0n) is 32.9. The maximum atomic E-state index is 14.1. The number of ether oxygens (including phenoxy) is 1. The number of hydroxylamine groups is 2. The quantitative estimate of drug-likeness (QED) is 0.130. The summed E-state index contributed by atoms with van der Waals surface area (Å²) in [6.45, 7) is 8.25. The number of imidazole rings is 2. The minimum Gasteiger partial charge on any atom is -0.453 e. The highest BCUT2D eigenvalue weighted by Gasteiger charge is 2.59. The topological polar surface area (TPSA) is 146 Å². The Morgan fingerprint density at radius 3 is 2.08 bits per heavy atom. The van der Waals surface area contributed by atoms with Crippen LogP contribution in [0.25, 0.3) is 54.7 Å². The lowest BCUT2D eigenvalue weighted by atomic mass is 9.98. The number of carbonyl (C=O) groups is 3. The number of piperidine rings is 2. The van der Waals surface area contributed by atoms with E-state index >= 15 is 0 Å². The number of nitrogens with one attached hydrogen (secondary N) is 3. The maximum absolute atomic E-state index is 14.1. The van der Waals surface area contributed by atoms with Gasteiger partial charge in [0.25, 0.3) is 0 Å². The first-order chi connectivity index (χ1) is 28.6. The van der Waals surface area contributed by atoms with E-state index in [9.17, 15) is 14.4 Å². The van der Waals surface area contributed by atoms with Gasteiger partial charge in [-0.1, -0.05) is 75.0 Å². The first kappa shape index (κ1) is 35.6. The average molecular weight is 786 g/mol. The van der Waals surface area contributed by atoms with Gasteiger partial charge < -0.3 is 29.8 Å². The summed E-state index contributed by atoms with van der Waals surface area (Å²) >= 11 is 0. The molecule has 2 aliphatic heterocycles. The molecule has 0 radical (unpaired) electrons. The van der Waals surface area contributed by atoms with Gasteiger partial charge in [-0.25, -0.2) is 19.6 Å². The molecule has 7 atom stereocenters. The van der Waals surface area contributed by atoms with Crippen molar-refractivity contribution in [3.05, 3.63) is 120 Å². The predicted molar refractivity (Wildman–Crippen MR) is 224 cm³/mol. The molecule has 4 fully saturated rings. The normalized spacial score (nSPS) is 23.9. The van der Waals surface area contributed by atoms with Crippen molar-refractivity contribution in [3.8, 4) is 11.1 Å². The molecular formula is C47H43N7O5. The van der Waals surface area contributed by atoms with Crippen LogP contribution in [0.4, 0.5) is 4.79 Å². The number of nitrogens with zero attached hydrogens (tertiary/aromatic N) is 4. The summed E-state index contributed by atoms with van der Waals surface area (Å²) in [5.41, 5.74) is 7.24. The van der Waals surface area contributed by atoms with E-state index in [0.717, 1.165) is 85.4 Å². The fourth-order valence-corrected chi connectivity index (χ4v) is 9.71. The SMILES string of the molecule is C=C1C2C[C@H]2N(C(=O)[C@@H](NC(=O)OC)C(C)C)[C@@H]1c1nc2c(ccc3cc(-c4ccc5c(ccc6[nH]c([C@@H]7CC8CC8N7OC(=O)c7ccccc7)nc65)c4)ccc32)[nH]1. The third-order valence-electron chi connectivity index (χ3n) is 13.0. The van der Waals surface area contributed by atoms with E-state index in [-0.39, 0.29) is 41.8 Å². The molecular weight excluding hydrogens is 743 g/mol. The Morgan fingerprint density at radius 1 is 0.797 bits per heavy atom. The average Bonchev–Trinajstić information content (AvgIpc) is 4.01. The second-order valence-electron chi connectivity index (χ2n) is 16.9. The lowest BCUT2D eigenvalue weighted by molar-refractivity contribution is -0.136. The molecule has 12 heteroatoms. The van der Waals surface area contributed by atoms with Crippen LogP contribution in [-0.4, -0.2) is 73.1 Å². The minimum absolute atomic E-state index is 0.0428. The van der Waals surface area contributed by atoms with Gasteiger partial charge in [0.15, 0.2) is 0 Å². The number of carbonyl (C=O) groups excluding carboxylic acids is 3. The van der Waals surface area contributed by atoms with E-state index in [4.69, 9.17) is 19.5 Å². The number of hydrogen-bond acceptors (Lipinski definition) is 8. The highest BCUT2D eigenvalue weighted by molar-refractivity contribution is 6.07. The molecule has 2 aliphatic carbocycles. The lowest BCUT2D eigenvalue weighted by Crippen LogP contribution is -2.52. The van der Waals surface area contributed by atoms with Crippen LogP contribution < -0.4 is 5.32 Å². The molecule has 3 N–H and O–H groups in total. The fourth-order valence-electron chi connectivity index (χ4n) is 9.71. The number of aromatic amines is 2. The third kappa shape index (κ3) is 5.79. The van der Waals surface area contributed by atoms with Gasteiger partial charge in [-0.2, -0.15) is 0 Å². The van der Waals surface area contributed by atoms with Crippen LogP contribution in [0.15, 0.2) is 103 Å². The van der Waals surface area contributed by atoms with Gasteiger partial charge in [-0.05, 0) is 95.0 Å². The van der Waals surface area contributed by atoms with Crippen LogP contribution in [0.5, 0.6) is 0 Å². The molecule has 4 heterocycles. The molecule has 11 rings (SSSR count). The summed E-state index contributed by atoms with van der Waals surface area (Å²) in [5, 5.41) is 8.81. The molecule has 2 aromatic heterocycles.